The van der Waals surface area contributed by atoms with Crippen LogP contribution < -0.4 is 10.6 Å². The van der Waals surface area contributed by atoms with Crippen molar-refractivity contribution in [1.29, 1.82) is 0 Å². The molecule has 8 nitrogen and oxygen atoms in total. The second-order valence-electron chi connectivity index (χ2n) is 7.09. The smallest absolute Gasteiger partial charge is 0.407 e. The molecular formula is C22H24N2O6. The number of nitrogens with one attached hydrogen (secondary N) is 2. The fraction of sp³-hybridized carbons (Fsp3) is 0.318. The lowest BCUT2D eigenvalue weighted by Crippen LogP contribution is -2.41. The molecule has 0 spiro atoms. The Labute approximate surface area is 173 Å². The number of hydrogen-bond acceptors (Lipinski definition) is 4. The van der Waals surface area contributed by atoms with Gasteiger partial charge in [-0.3, -0.25) is 0 Å². The first-order valence-corrected chi connectivity index (χ1v) is 9.78. The highest BCUT2D eigenvalue weighted by atomic mass is 16.5. The summed E-state index contributed by atoms with van der Waals surface area (Å²) in [7, 11) is 0. The number of ether oxygens (including phenoxy) is 1. The summed E-state index contributed by atoms with van der Waals surface area (Å²) in [4.78, 5) is 34.1. The highest BCUT2D eigenvalue weighted by Gasteiger charge is 2.29. The van der Waals surface area contributed by atoms with Crippen LogP contribution in [0.3, 0.4) is 0 Å². The van der Waals surface area contributed by atoms with Gasteiger partial charge in [-0.1, -0.05) is 48.5 Å². The van der Waals surface area contributed by atoms with Crippen LogP contribution in [0.4, 0.5) is 9.59 Å². The number of benzene rings is 2. The average Bonchev–Trinajstić information content (AvgIpc) is 3.04. The Morgan fingerprint density at radius 1 is 0.933 bits per heavy atom. The number of carboxylic acid groups (broad SMARTS) is 2. The number of rotatable bonds is 9. The Bertz CT molecular complexity index is 884. The van der Waals surface area contributed by atoms with Crippen LogP contribution in [0, 0.1) is 0 Å². The van der Waals surface area contributed by atoms with Crippen molar-refractivity contribution in [3.05, 3.63) is 59.7 Å². The molecule has 0 saturated carbocycles. The van der Waals surface area contributed by atoms with E-state index in [2.05, 4.69) is 10.6 Å². The summed E-state index contributed by atoms with van der Waals surface area (Å²) in [6, 6.07) is 14.8. The maximum absolute atomic E-state index is 12.2. The van der Waals surface area contributed by atoms with Crippen molar-refractivity contribution >= 4 is 18.2 Å². The highest BCUT2D eigenvalue weighted by Crippen LogP contribution is 2.44. The summed E-state index contributed by atoms with van der Waals surface area (Å²) in [5.74, 6) is -1.26. The van der Waals surface area contributed by atoms with E-state index in [0.29, 0.717) is 12.8 Å². The van der Waals surface area contributed by atoms with Crippen molar-refractivity contribution in [2.24, 2.45) is 0 Å². The van der Waals surface area contributed by atoms with E-state index >= 15 is 0 Å². The van der Waals surface area contributed by atoms with Gasteiger partial charge in [0.15, 0.2) is 0 Å². The van der Waals surface area contributed by atoms with E-state index in [4.69, 9.17) is 9.84 Å². The zero-order valence-electron chi connectivity index (χ0n) is 16.3. The Morgan fingerprint density at radius 2 is 1.53 bits per heavy atom. The maximum Gasteiger partial charge on any atom is 0.407 e. The molecule has 158 valence electrons. The molecule has 2 aromatic carbocycles. The number of amides is 2. The number of carbonyl (C=O) groups excluding carboxylic acids is 1. The predicted octanol–water partition coefficient (Wildman–Crippen LogP) is 3.42. The van der Waals surface area contributed by atoms with Crippen LogP contribution in [0.5, 0.6) is 0 Å². The summed E-state index contributed by atoms with van der Waals surface area (Å²) in [6.45, 7) is 0.335. The third-order valence-electron chi connectivity index (χ3n) is 5.13. The van der Waals surface area contributed by atoms with E-state index in [1.807, 2.05) is 48.5 Å². The Kier molecular flexibility index (Phi) is 6.90. The van der Waals surface area contributed by atoms with Crippen molar-refractivity contribution in [2.45, 2.75) is 31.2 Å². The van der Waals surface area contributed by atoms with Gasteiger partial charge in [-0.25, -0.2) is 14.4 Å². The molecule has 0 fully saturated rings. The van der Waals surface area contributed by atoms with Crippen molar-refractivity contribution in [2.75, 3.05) is 13.2 Å². The fourth-order valence-corrected chi connectivity index (χ4v) is 3.71. The second-order valence-corrected chi connectivity index (χ2v) is 7.09. The lowest BCUT2D eigenvalue weighted by atomic mass is 9.98. The largest absolute Gasteiger partial charge is 0.480 e. The average molecular weight is 412 g/mol. The Hall–Kier alpha value is -3.55. The second kappa shape index (κ2) is 9.78. The summed E-state index contributed by atoms with van der Waals surface area (Å²) in [6.07, 6.45) is -0.807. The molecule has 30 heavy (non-hydrogen) atoms. The number of carbonyl (C=O) groups is 3. The zero-order chi connectivity index (χ0) is 21.5. The van der Waals surface area contributed by atoms with Gasteiger partial charge in [0.05, 0.1) is 0 Å². The Balaban J connectivity index is 1.54. The van der Waals surface area contributed by atoms with E-state index in [-0.39, 0.29) is 25.5 Å². The molecule has 8 heteroatoms. The van der Waals surface area contributed by atoms with E-state index in [9.17, 15) is 19.5 Å². The topological polar surface area (TPSA) is 125 Å². The van der Waals surface area contributed by atoms with E-state index < -0.39 is 24.2 Å². The summed E-state index contributed by atoms with van der Waals surface area (Å²) in [5, 5.41) is 22.5. The van der Waals surface area contributed by atoms with Gasteiger partial charge in [0, 0.05) is 12.5 Å². The molecule has 0 heterocycles. The molecule has 1 aliphatic carbocycles. The molecule has 4 N–H and O–H groups in total. The summed E-state index contributed by atoms with van der Waals surface area (Å²) < 4.78 is 5.38. The van der Waals surface area contributed by atoms with E-state index in [1.165, 1.54) is 0 Å². The monoisotopic (exact) mass is 412 g/mol. The minimum atomic E-state index is -1.16. The number of aliphatic carboxylic acids is 1. The van der Waals surface area contributed by atoms with Crippen molar-refractivity contribution in [3.63, 3.8) is 0 Å². The van der Waals surface area contributed by atoms with Gasteiger partial charge in [-0.05, 0) is 41.5 Å². The van der Waals surface area contributed by atoms with Gasteiger partial charge in [-0.15, -0.1) is 0 Å². The third kappa shape index (κ3) is 5.08. The molecule has 0 radical (unpaired) electrons. The summed E-state index contributed by atoms with van der Waals surface area (Å²) in [5.41, 5.74) is 4.38. The van der Waals surface area contributed by atoms with Crippen LogP contribution in [-0.2, 0) is 9.53 Å². The molecule has 0 bridgehead atoms. The number of carboxylic acids is 1. The molecule has 0 aliphatic heterocycles. The number of fused-ring (bicyclic) bond motifs is 3. The minimum absolute atomic E-state index is 0.103. The first kappa shape index (κ1) is 21.2. The standard InChI is InChI=1S/C22H24N2O6/c25-20(26)19(11-5-6-12-23-21(27)28)24-22(29)30-13-18-16-9-3-1-7-14(16)15-8-2-4-10-17(15)18/h1-4,7-10,18-19,23H,5-6,11-13H2,(H,24,29)(H,25,26)(H,27,28)/t19-/m0/s1. The molecule has 2 aromatic rings. The molecule has 1 aliphatic rings. The third-order valence-corrected chi connectivity index (χ3v) is 5.13. The lowest BCUT2D eigenvalue weighted by molar-refractivity contribution is -0.139. The van der Waals surface area contributed by atoms with Gasteiger partial charge in [0.25, 0.3) is 0 Å². The van der Waals surface area contributed by atoms with Crippen molar-refractivity contribution in [3.8, 4) is 11.1 Å². The molecule has 2 amide bonds. The van der Waals surface area contributed by atoms with Gasteiger partial charge < -0.3 is 25.6 Å². The molecule has 0 aromatic heterocycles. The molecule has 1 atom stereocenters. The first-order valence-electron chi connectivity index (χ1n) is 9.78. The summed E-state index contributed by atoms with van der Waals surface area (Å²) >= 11 is 0. The van der Waals surface area contributed by atoms with Crippen molar-refractivity contribution < 1.29 is 29.3 Å². The van der Waals surface area contributed by atoms with Gasteiger partial charge in [0.1, 0.15) is 12.6 Å². The van der Waals surface area contributed by atoms with Crippen LogP contribution in [0.15, 0.2) is 48.5 Å². The van der Waals surface area contributed by atoms with Crippen LogP contribution in [-0.4, -0.2) is 47.6 Å². The van der Waals surface area contributed by atoms with Crippen LogP contribution in [0.1, 0.15) is 36.3 Å². The zero-order valence-corrected chi connectivity index (χ0v) is 16.3. The van der Waals surface area contributed by atoms with Gasteiger partial charge >= 0.3 is 18.2 Å². The van der Waals surface area contributed by atoms with E-state index in [1.54, 1.807) is 0 Å². The lowest BCUT2D eigenvalue weighted by Gasteiger charge is -2.17. The van der Waals surface area contributed by atoms with Crippen LogP contribution in [0.2, 0.25) is 0 Å². The maximum atomic E-state index is 12.2. The Morgan fingerprint density at radius 3 is 2.10 bits per heavy atom. The van der Waals surface area contributed by atoms with E-state index in [0.717, 1.165) is 22.3 Å². The number of unbranched alkanes of at least 4 members (excludes halogenated alkanes) is 1. The first-order chi connectivity index (χ1) is 14.5. The number of hydrogen-bond donors (Lipinski definition) is 4. The highest BCUT2D eigenvalue weighted by molar-refractivity contribution is 5.81. The minimum Gasteiger partial charge on any atom is -0.480 e. The molecule has 3 rings (SSSR count). The number of alkyl carbamates (subject to hydrolysis) is 1. The predicted molar refractivity (Wildman–Crippen MR) is 110 cm³/mol. The molecular weight excluding hydrogens is 388 g/mol. The van der Waals surface area contributed by atoms with Crippen LogP contribution in [0.25, 0.3) is 11.1 Å². The SMILES string of the molecule is O=C(O)NCCCC[C@H](NC(=O)OCC1c2ccccc2-c2ccccc21)C(=O)O. The van der Waals surface area contributed by atoms with Crippen molar-refractivity contribution in [1.82, 2.24) is 10.6 Å². The van der Waals surface area contributed by atoms with Gasteiger partial charge in [0.2, 0.25) is 0 Å². The molecule has 0 saturated heterocycles. The quantitative estimate of drug-likeness (QED) is 0.468. The normalized spacial score (nSPS) is 13.1. The molecule has 0 unspecified atom stereocenters. The van der Waals surface area contributed by atoms with Gasteiger partial charge in [-0.2, -0.15) is 0 Å². The fourth-order valence-electron chi connectivity index (χ4n) is 3.71. The van der Waals surface area contributed by atoms with Crippen LogP contribution >= 0.6 is 0 Å².